The quantitative estimate of drug-likeness (QED) is 0.638. The highest BCUT2D eigenvalue weighted by atomic mass is 35.5. The number of nitrogens with two attached hydrogens (primary N) is 1. The van der Waals surface area contributed by atoms with Gasteiger partial charge in [0.25, 0.3) is 0 Å². The van der Waals surface area contributed by atoms with Gasteiger partial charge in [-0.2, -0.15) is 23.3 Å². The number of alkyl halides is 3. The summed E-state index contributed by atoms with van der Waals surface area (Å²) in [5.74, 6) is 0.310. The summed E-state index contributed by atoms with van der Waals surface area (Å²) in [6, 6.07) is 1.52. The van der Waals surface area contributed by atoms with Crippen LogP contribution >= 0.6 is 35.0 Å². The molecule has 132 valence electrons. The van der Waals surface area contributed by atoms with E-state index >= 15 is 0 Å². The van der Waals surface area contributed by atoms with Gasteiger partial charge in [-0.15, -0.1) is 11.8 Å². The third-order valence-electron chi connectivity index (χ3n) is 3.21. The average molecular weight is 410 g/mol. The second kappa shape index (κ2) is 6.43. The van der Waals surface area contributed by atoms with E-state index in [2.05, 4.69) is 19.8 Å². The van der Waals surface area contributed by atoms with Crippen LogP contribution in [0.15, 0.2) is 27.9 Å². The van der Waals surface area contributed by atoms with Gasteiger partial charge in [-0.25, -0.2) is 4.68 Å². The second-order valence-electron chi connectivity index (χ2n) is 4.72. The summed E-state index contributed by atoms with van der Waals surface area (Å²) in [6.07, 6.45) is -1.72. The lowest BCUT2D eigenvalue weighted by molar-refractivity contribution is -0.137. The van der Waals surface area contributed by atoms with E-state index in [1.807, 2.05) is 0 Å². The molecule has 0 saturated carbocycles. The van der Waals surface area contributed by atoms with Gasteiger partial charge in [-0.3, -0.25) is 0 Å². The third-order valence-corrected chi connectivity index (χ3v) is 4.60. The first-order valence-electron chi connectivity index (χ1n) is 6.50. The van der Waals surface area contributed by atoms with Crippen LogP contribution in [0.2, 0.25) is 10.0 Å². The van der Waals surface area contributed by atoms with E-state index in [9.17, 15) is 13.2 Å². The molecular formula is C13H8Cl2F3N5OS. The Labute approximate surface area is 153 Å². The molecule has 0 bridgehead atoms. The zero-order valence-corrected chi connectivity index (χ0v) is 14.6. The Morgan fingerprint density at radius 1 is 1.24 bits per heavy atom. The summed E-state index contributed by atoms with van der Waals surface area (Å²) >= 11 is 13.3. The predicted molar refractivity (Wildman–Crippen MR) is 88.1 cm³/mol. The van der Waals surface area contributed by atoms with Crippen LogP contribution in [0.5, 0.6) is 0 Å². The van der Waals surface area contributed by atoms with Gasteiger partial charge < -0.3 is 10.3 Å². The number of anilines is 1. The van der Waals surface area contributed by atoms with E-state index < -0.39 is 11.7 Å². The number of halogens is 5. The van der Waals surface area contributed by atoms with Crippen LogP contribution in [0, 0.1) is 0 Å². The fraction of sp³-hybridized carbons (Fsp3) is 0.154. The highest BCUT2D eigenvalue weighted by molar-refractivity contribution is 7.98. The molecule has 0 amide bonds. The summed E-state index contributed by atoms with van der Waals surface area (Å²) in [5.41, 5.74) is 5.42. The SMILES string of the molecule is CSc1c(-c2ncon2)nn(-c2c(Cl)cc(C(F)(F)F)cc2Cl)c1N. The van der Waals surface area contributed by atoms with Gasteiger partial charge in [0, 0.05) is 0 Å². The van der Waals surface area contributed by atoms with E-state index in [0.29, 0.717) is 10.6 Å². The molecule has 0 unspecified atom stereocenters. The molecule has 3 aromatic rings. The van der Waals surface area contributed by atoms with E-state index in [1.54, 1.807) is 6.26 Å². The predicted octanol–water partition coefficient (Wildman–Crippen LogP) is 4.55. The molecule has 3 rings (SSSR count). The highest BCUT2D eigenvalue weighted by Gasteiger charge is 2.33. The number of aromatic nitrogens is 4. The zero-order chi connectivity index (χ0) is 18.4. The van der Waals surface area contributed by atoms with Gasteiger partial charge in [0.1, 0.15) is 17.2 Å². The Morgan fingerprint density at radius 2 is 1.88 bits per heavy atom. The lowest BCUT2D eigenvalue weighted by Crippen LogP contribution is -2.08. The highest BCUT2D eigenvalue weighted by Crippen LogP contribution is 2.41. The summed E-state index contributed by atoms with van der Waals surface area (Å²) < 4.78 is 44.5. The maximum atomic E-state index is 12.9. The smallest absolute Gasteiger partial charge is 0.383 e. The van der Waals surface area contributed by atoms with Crippen LogP contribution in [-0.2, 0) is 6.18 Å². The van der Waals surface area contributed by atoms with Crippen molar-refractivity contribution in [3.63, 3.8) is 0 Å². The summed E-state index contributed by atoms with van der Waals surface area (Å²) in [4.78, 5) is 4.41. The summed E-state index contributed by atoms with van der Waals surface area (Å²) in [5, 5.41) is 7.43. The molecule has 0 saturated heterocycles. The number of thioether (sulfide) groups is 1. The molecule has 25 heavy (non-hydrogen) atoms. The van der Waals surface area contributed by atoms with Crippen LogP contribution in [0.4, 0.5) is 19.0 Å². The van der Waals surface area contributed by atoms with Crippen LogP contribution in [0.3, 0.4) is 0 Å². The van der Waals surface area contributed by atoms with Gasteiger partial charge in [-0.1, -0.05) is 28.4 Å². The summed E-state index contributed by atoms with van der Waals surface area (Å²) in [7, 11) is 0. The maximum Gasteiger partial charge on any atom is 0.416 e. The first kappa shape index (κ1) is 17.9. The van der Waals surface area contributed by atoms with Crippen molar-refractivity contribution in [1.29, 1.82) is 0 Å². The monoisotopic (exact) mass is 409 g/mol. The van der Waals surface area contributed by atoms with Crippen molar-refractivity contribution in [2.75, 3.05) is 12.0 Å². The van der Waals surface area contributed by atoms with E-state index in [1.165, 1.54) is 11.8 Å². The number of nitrogens with zero attached hydrogens (tertiary/aromatic N) is 4. The van der Waals surface area contributed by atoms with Crippen molar-refractivity contribution in [2.24, 2.45) is 0 Å². The van der Waals surface area contributed by atoms with Crippen molar-refractivity contribution < 1.29 is 17.7 Å². The maximum absolute atomic E-state index is 12.9. The zero-order valence-electron chi connectivity index (χ0n) is 12.3. The molecule has 0 aliphatic rings. The molecule has 2 heterocycles. The minimum Gasteiger partial charge on any atom is -0.383 e. The fourth-order valence-electron chi connectivity index (χ4n) is 2.14. The first-order valence-corrected chi connectivity index (χ1v) is 8.48. The Bertz CT molecular complexity index is 904. The van der Waals surface area contributed by atoms with Crippen molar-refractivity contribution in [2.45, 2.75) is 11.1 Å². The normalized spacial score (nSPS) is 11.9. The van der Waals surface area contributed by atoms with Crippen LogP contribution < -0.4 is 5.73 Å². The minimum atomic E-state index is -4.58. The fourth-order valence-corrected chi connectivity index (χ4v) is 3.41. The van der Waals surface area contributed by atoms with E-state index in [-0.39, 0.29) is 27.4 Å². The Morgan fingerprint density at radius 3 is 2.36 bits per heavy atom. The lowest BCUT2D eigenvalue weighted by atomic mass is 10.2. The topological polar surface area (TPSA) is 82.8 Å². The summed E-state index contributed by atoms with van der Waals surface area (Å²) in [6.45, 7) is 0. The molecule has 0 radical (unpaired) electrons. The van der Waals surface area contributed by atoms with Crippen molar-refractivity contribution in [1.82, 2.24) is 19.9 Å². The third kappa shape index (κ3) is 3.16. The van der Waals surface area contributed by atoms with Gasteiger partial charge in [0.05, 0.1) is 20.5 Å². The second-order valence-corrected chi connectivity index (χ2v) is 6.35. The number of rotatable bonds is 3. The van der Waals surface area contributed by atoms with Crippen LogP contribution in [-0.4, -0.2) is 26.2 Å². The standard InChI is InChI=1S/C13H8Cl2F3N5OS/c1-25-10-8(12-20-4-24-22-12)21-23(11(10)19)9-6(14)2-5(3-7(9)15)13(16,17)18/h2-4H,19H2,1H3. The molecule has 0 spiro atoms. The molecule has 0 aliphatic carbocycles. The van der Waals surface area contributed by atoms with Gasteiger partial charge in [0.2, 0.25) is 12.2 Å². The molecule has 1 aromatic carbocycles. The molecule has 6 nitrogen and oxygen atoms in total. The van der Waals surface area contributed by atoms with Gasteiger partial charge in [0.15, 0.2) is 0 Å². The first-order chi connectivity index (χ1) is 11.7. The van der Waals surface area contributed by atoms with Crippen LogP contribution in [0.25, 0.3) is 17.2 Å². The number of hydrogen-bond acceptors (Lipinski definition) is 6. The molecule has 0 atom stereocenters. The van der Waals surface area contributed by atoms with E-state index in [0.717, 1.165) is 23.2 Å². The average Bonchev–Trinajstić information content (AvgIpc) is 3.14. The van der Waals surface area contributed by atoms with Crippen molar-refractivity contribution >= 4 is 40.8 Å². The number of nitrogen functional groups attached to an aromatic ring is 1. The molecule has 0 fully saturated rings. The Hall–Kier alpha value is -1.91. The van der Waals surface area contributed by atoms with E-state index in [4.69, 9.17) is 28.9 Å². The molecular weight excluding hydrogens is 402 g/mol. The Balaban J connectivity index is 2.21. The van der Waals surface area contributed by atoms with Crippen LogP contribution in [0.1, 0.15) is 5.56 Å². The number of benzene rings is 1. The largest absolute Gasteiger partial charge is 0.416 e. The van der Waals surface area contributed by atoms with Gasteiger partial charge in [-0.05, 0) is 18.4 Å². The lowest BCUT2D eigenvalue weighted by Gasteiger charge is -2.13. The van der Waals surface area contributed by atoms with Gasteiger partial charge >= 0.3 is 6.18 Å². The van der Waals surface area contributed by atoms with Crippen molar-refractivity contribution in [3.8, 4) is 17.2 Å². The molecule has 2 aromatic heterocycles. The molecule has 2 N–H and O–H groups in total. The number of hydrogen-bond donors (Lipinski definition) is 1. The molecule has 12 heteroatoms. The minimum absolute atomic E-state index is 0.0267. The van der Waals surface area contributed by atoms with Crippen molar-refractivity contribution in [3.05, 3.63) is 34.1 Å². The molecule has 0 aliphatic heterocycles. The Kier molecular flexibility index (Phi) is 4.60.